The number of fused-ring (bicyclic) bond motifs is 3. The van der Waals surface area contributed by atoms with E-state index in [1.807, 2.05) is 12.1 Å². The Morgan fingerprint density at radius 1 is 0.889 bits per heavy atom. The van der Waals surface area contributed by atoms with Crippen LogP contribution in [0, 0.1) is 33.3 Å². The average Bonchev–Trinajstić information content (AvgIpc) is 4.00. The first kappa shape index (κ1) is 41.3. The van der Waals surface area contributed by atoms with E-state index in [2.05, 4.69) is 94.4 Å². The molecule has 2 saturated carbocycles. The zero-order chi connectivity index (χ0) is 44.0. The Bertz CT molecular complexity index is 2590. The Kier molecular flexibility index (Phi) is 9.96. The summed E-state index contributed by atoms with van der Waals surface area (Å²) in [5, 5.41) is 29.8. The fraction of sp³-hybridized carbons (Fsp3) is 0.490. The van der Waals surface area contributed by atoms with Gasteiger partial charge in [-0.3, -0.25) is 29.4 Å². The molecule has 6 aliphatic rings. The second kappa shape index (κ2) is 15.2. The number of carbonyl (C=O) groups is 3. The second-order valence-corrected chi connectivity index (χ2v) is 20.1. The number of quaternary nitrogens is 1. The van der Waals surface area contributed by atoms with Crippen molar-refractivity contribution in [1.29, 1.82) is 5.26 Å². The maximum Gasteiger partial charge on any atom is 0.285 e. The molecule has 1 aromatic heterocycles. The van der Waals surface area contributed by atoms with Crippen molar-refractivity contribution >= 4 is 40.0 Å². The number of amides is 3. The minimum atomic E-state index is -0.737. The summed E-state index contributed by atoms with van der Waals surface area (Å²) in [7, 11) is 0. The van der Waals surface area contributed by atoms with Crippen LogP contribution in [0.4, 0.5) is 11.4 Å². The molecule has 4 unspecified atom stereocenters. The minimum Gasteiger partial charge on any atom is -0.632 e. The van der Waals surface area contributed by atoms with E-state index in [1.165, 1.54) is 6.07 Å². The number of hydrogen-bond donors (Lipinski definition) is 3. The molecule has 3 saturated heterocycles. The van der Waals surface area contributed by atoms with Gasteiger partial charge in [-0.25, -0.2) is 0 Å². The molecule has 0 radical (unpaired) electrons. The number of nitrogens with zero attached hydrogens (tertiary/aromatic N) is 5. The van der Waals surface area contributed by atoms with E-state index in [0.29, 0.717) is 52.2 Å². The molecule has 4 aromatic rings. The highest BCUT2D eigenvalue weighted by Gasteiger charge is 2.64. The van der Waals surface area contributed by atoms with Crippen molar-refractivity contribution in [2.45, 2.75) is 103 Å². The van der Waals surface area contributed by atoms with Crippen molar-refractivity contribution < 1.29 is 23.8 Å². The molecule has 328 valence electrons. The number of H-pyrrole nitrogens is 1. The van der Waals surface area contributed by atoms with Crippen molar-refractivity contribution in [3.05, 3.63) is 105 Å². The quantitative estimate of drug-likeness (QED) is 0.114. The van der Waals surface area contributed by atoms with E-state index in [4.69, 9.17) is 4.74 Å². The van der Waals surface area contributed by atoms with Crippen LogP contribution in [0.15, 0.2) is 71.5 Å². The summed E-state index contributed by atoms with van der Waals surface area (Å²) in [6, 6.07) is 23.2. The van der Waals surface area contributed by atoms with Gasteiger partial charge >= 0.3 is 0 Å². The smallest absolute Gasteiger partial charge is 0.285 e. The van der Waals surface area contributed by atoms with Gasteiger partial charge in [-0.1, -0.05) is 33.8 Å². The zero-order valence-electron chi connectivity index (χ0n) is 36.5. The van der Waals surface area contributed by atoms with Crippen LogP contribution >= 0.6 is 0 Å². The number of pyridine rings is 1. The van der Waals surface area contributed by atoms with Crippen LogP contribution in [-0.2, 0) is 22.7 Å². The van der Waals surface area contributed by atoms with E-state index >= 15 is 0 Å². The molecule has 5 fully saturated rings. The number of imide groups is 1. The summed E-state index contributed by atoms with van der Waals surface area (Å²) in [6.07, 6.45) is 3.68. The molecule has 10 rings (SSSR count). The van der Waals surface area contributed by atoms with E-state index in [1.54, 1.807) is 18.2 Å². The standard InChI is InChI=1S/C49H56N8O6/c1-48(2)46(49(3,4)47(48)63-40-14-8-31(25-50)43-36(40)12-15-41(58)51-43)53-44(60)30-5-9-34(10-6-30)56-22-21-55(37-24-38(37)56)26-29-17-19-54(20-18-29)35-11-7-32-27-57(62,28-33(32)23-35)39-13-16-42(59)52-45(39)61/h5-12,14-15,23,29,37-39,46-47H,13,16-22,24,26-28H2,1-4H3,(H,51,58)(H,53,60)(H,52,59,61). The molecule has 4 atom stereocenters. The summed E-state index contributed by atoms with van der Waals surface area (Å²) >= 11 is 0. The lowest BCUT2D eigenvalue weighted by atomic mass is 9.49. The zero-order valence-corrected chi connectivity index (χ0v) is 36.5. The molecule has 0 bridgehead atoms. The number of piperidine rings is 2. The van der Waals surface area contributed by atoms with Crippen molar-refractivity contribution in [2.75, 3.05) is 42.5 Å². The van der Waals surface area contributed by atoms with Crippen molar-refractivity contribution in [3.8, 4) is 11.8 Å². The van der Waals surface area contributed by atoms with Crippen LogP contribution in [0.5, 0.6) is 5.75 Å². The van der Waals surface area contributed by atoms with Crippen LogP contribution in [0.2, 0.25) is 0 Å². The summed E-state index contributed by atoms with van der Waals surface area (Å²) in [4.78, 5) is 60.4. The van der Waals surface area contributed by atoms with Crippen molar-refractivity contribution in [2.24, 2.45) is 16.7 Å². The predicted octanol–water partition coefficient (Wildman–Crippen LogP) is 5.32. The molecule has 0 spiro atoms. The normalized spacial score (nSPS) is 28.7. The van der Waals surface area contributed by atoms with Crippen molar-refractivity contribution in [3.63, 3.8) is 0 Å². The summed E-state index contributed by atoms with van der Waals surface area (Å²) in [5.74, 6) is 0.375. The molecule has 4 aliphatic heterocycles. The van der Waals surface area contributed by atoms with Crippen molar-refractivity contribution in [1.82, 2.24) is 20.5 Å². The van der Waals surface area contributed by atoms with Gasteiger partial charge in [0.15, 0.2) is 6.04 Å². The van der Waals surface area contributed by atoms with Gasteiger partial charge in [0.1, 0.15) is 31.0 Å². The summed E-state index contributed by atoms with van der Waals surface area (Å²) in [6.45, 7) is 14.0. The van der Waals surface area contributed by atoms with Gasteiger partial charge in [0.05, 0.1) is 11.1 Å². The minimum absolute atomic E-state index is 0.114. The number of anilines is 2. The molecule has 5 heterocycles. The highest BCUT2D eigenvalue weighted by atomic mass is 16.6. The molecule has 14 heteroatoms. The lowest BCUT2D eigenvalue weighted by Crippen LogP contribution is -2.74. The average molecular weight is 853 g/mol. The predicted molar refractivity (Wildman–Crippen MR) is 239 cm³/mol. The van der Waals surface area contributed by atoms with Gasteiger partial charge in [-0.05, 0) is 79.8 Å². The van der Waals surface area contributed by atoms with Gasteiger partial charge in [0, 0.05) is 114 Å². The van der Waals surface area contributed by atoms with Crippen LogP contribution < -0.4 is 30.7 Å². The number of ether oxygens (including phenoxy) is 1. The summed E-state index contributed by atoms with van der Waals surface area (Å²) in [5.41, 5.74) is 4.69. The Balaban J connectivity index is 0.703. The maximum atomic E-state index is 13.8. The molecule has 14 nitrogen and oxygen atoms in total. The first-order chi connectivity index (χ1) is 30.1. The van der Waals surface area contributed by atoms with Gasteiger partial charge in [-0.15, -0.1) is 0 Å². The highest BCUT2D eigenvalue weighted by Crippen LogP contribution is 2.56. The third kappa shape index (κ3) is 7.24. The number of benzene rings is 3. The topological polar surface area (TPSA) is 174 Å². The fourth-order valence-electron chi connectivity index (χ4n) is 12.2. The Hall–Kier alpha value is -5.75. The van der Waals surface area contributed by atoms with E-state index < -0.39 is 27.4 Å². The van der Waals surface area contributed by atoms with E-state index in [9.17, 15) is 29.6 Å². The summed E-state index contributed by atoms with van der Waals surface area (Å²) < 4.78 is 6.03. The number of nitriles is 1. The number of aromatic nitrogens is 1. The number of aromatic amines is 1. The third-order valence-electron chi connectivity index (χ3n) is 15.3. The van der Waals surface area contributed by atoms with Gasteiger partial charge in [0.2, 0.25) is 11.5 Å². The van der Waals surface area contributed by atoms with Gasteiger partial charge in [0.25, 0.3) is 11.8 Å². The van der Waals surface area contributed by atoms with Crippen LogP contribution in [0.25, 0.3) is 10.9 Å². The van der Waals surface area contributed by atoms with Crippen LogP contribution in [-0.4, -0.2) is 95.2 Å². The largest absolute Gasteiger partial charge is 0.632 e. The molecular weight excluding hydrogens is 797 g/mol. The van der Waals surface area contributed by atoms with Gasteiger partial charge in [-0.2, -0.15) is 5.26 Å². The van der Waals surface area contributed by atoms with Gasteiger partial charge < -0.3 is 34.7 Å². The first-order valence-corrected chi connectivity index (χ1v) is 22.6. The number of rotatable bonds is 9. The number of nitrogens with one attached hydrogen (secondary N) is 3. The fourth-order valence-corrected chi connectivity index (χ4v) is 12.2. The first-order valence-electron chi connectivity index (χ1n) is 22.6. The number of hydrogen-bond acceptors (Lipinski definition) is 10. The molecule has 3 amide bonds. The van der Waals surface area contributed by atoms with Crippen LogP contribution in [0.1, 0.15) is 86.8 Å². The second-order valence-electron chi connectivity index (χ2n) is 20.1. The molecule has 3 N–H and O–H groups in total. The monoisotopic (exact) mass is 852 g/mol. The molecule has 3 aromatic carbocycles. The number of piperazine rings is 1. The molecular formula is C49H56N8O6. The van der Waals surface area contributed by atoms with E-state index in [0.717, 1.165) is 74.5 Å². The highest BCUT2D eigenvalue weighted by molar-refractivity contribution is 5.99. The Morgan fingerprint density at radius 3 is 2.35 bits per heavy atom. The Morgan fingerprint density at radius 2 is 1.62 bits per heavy atom. The molecule has 2 aliphatic carbocycles. The maximum absolute atomic E-state index is 13.8. The number of hydroxylamine groups is 3. The third-order valence-corrected chi connectivity index (χ3v) is 15.3. The number of carbonyl (C=O) groups excluding carboxylic acids is 3. The lowest BCUT2D eigenvalue weighted by Gasteiger charge is -2.63. The SMILES string of the molecule is CC1(C)C(NC(=O)c2ccc(N3CCN(CC4CCN(c5ccc6c(c5)C[N+]([O-])(C5CCC(=O)NC5=O)C6)CC4)C4CC43)cc2)C(C)(C)C1Oc1ccc(C#N)c2[nH]c(=O)ccc12. The van der Waals surface area contributed by atoms with E-state index in [-0.39, 0.29) is 49.0 Å². The van der Waals surface area contributed by atoms with Crippen LogP contribution in [0.3, 0.4) is 0 Å². The lowest BCUT2D eigenvalue weighted by molar-refractivity contribution is -0.916. The Labute approximate surface area is 367 Å². The molecule has 63 heavy (non-hydrogen) atoms.